The Balaban J connectivity index is 3.98. The third-order valence-corrected chi connectivity index (χ3v) is 14.1. The Hall–Kier alpha value is -1.02. The van der Waals surface area contributed by atoms with Crippen molar-refractivity contribution in [2.24, 2.45) is 0 Å². The van der Waals surface area contributed by atoms with Gasteiger partial charge in [0.1, 0.15) is 13.2 Å². The van der Waals surface area contributed by atoms with Crippen LogP contribution in [0.4, 0.5) is 0 Å². The second kappa shape index (κ2) is 49.0. The summed E-state index contributed by atoms with van der Waals surface area (Å²) in [6.07, 6.45) is 61.5. The number of phosphoric acid groups is 1. The molecule has 8 nitrogen and oxygen atoms in total. The quantitative estimate of drug-likeness (QED) is 0.0243. The smallest absolute Gasteiger partial charge is 0.387 e. The maximum Gasteiger partial charge on any atom is 0.472 e. The van der Waals surface area contributed by atoms with Crippen LogP contribution in [0, 0.1) is 0 Å². The Bertz CT molecular complexity index is 1130. The van der Waals surface area contributed by atoms with Crippen molar-refractivity contribution in [1.82, 2.24) is 5.32 Å². The molecule has 1 amide bonds. The molecule has 3 unspecified atom stereocenters. The number of allylic oxidation sites excluding steroid dienone is 3. The number of rotatable bonds is 53. The molecule has 0 aliphatic heterocycles. The van der Waals surface area contributed by atoms with Gasteiger partial charge in [0, 0.05) is 6.42 Å². The third-order valence-electron chi connectivity index (χ3n) is 13.2. The van der Waals surface area contributed by atoms with Crippen LogP contribution in [0.2, 0.25) is 0 Å². The molecule has 0 rings (SSSR count). The summed E-state index contributed by atoms with van der Waals surface area (Å²) in [5.74, 6) is -0.174. The Kier molecular flexibility index (Phi) is 48.2. The molecule has 0 saturated heterocycles. The highest BCUT2D eigenvalue weighted by atomic mass is 31.2. The first-order valence-electron chi connectivity index (χ1n) is 28.7. The largest absolute Gasteiger partial charge is 0.472 e. The van der Waals surface area contributed by atoms with Crippen LogP contribution in [0.3, 0.4) is 0 Å². The number of nitrogens with one attached hydrogen (secondary N) is 1. The van der Waals surface area contributed by atoms with E-state index in [1.54, 1.807) is 6.08 Å². The SMILES string of the molecule is CCCCCCCCCCCC/C=C/C(O)C(COP(=O)(O)OCC[N+](C)(C)C)NC(=O)CCCCCCCCCCCCCCCCCC/C=C\CCCCCCCCCCCCCC. The van der Waals surface area contributed by atoms with E-state index >= 15 is 0 Å². The number of aliphatic hydroxyl groups is 1. The summed E-state index contributed by atoms with van der Waals surface area (Å²) in [6, 6.07) is -0.842. The van der Waals surface area contributed by atoms with E-state index in [-0.39, 0.29) is 19.1 Å². The number of nitrogens with zero attached hydrogens (tertiary/aromatic N) is 1. The molecule has 0 aromatic heterocycles. The number of aliphatic hydroxyl groups excluding tert-OH is 1. The molecule has 0 heterocycles. The Labute approximate surface area is 411 Å². The second-order valence-electron chi connectivity index (χ2n) is 21.0. The van der Waals surface area contributed by atoms with E-state index < -0.39 is 20.0 Å². The molecule has 3 N–H and O–H groups in total. The van der Waals surface area contributed by atoms with E-state index in [2.05, 4.69) is 31.3 Å². The van der Waals surface area contributed by atoms with E-state index in [0.29, 0.717) is 17.4 Å². The third kappa shape index (κ3) is 50.8. The average Bonchev–Trinajstić information content (AvgIpc) is 3.28. The molecule has 0 radical (unpaired) electrons. The zero-order valence-electron chi connectivity index (χ0n) is 44.7. The van der Waals surface area contributed by atoms with Gasteiger partial charge in [-0.1, -0.05) is 256 Å². The van der Waals surface area contributed by atoms with Gasteiger partial charge in [-0.05, 0) is 44.9 Å². The minimum Gasteiger partial charge on any atom is -0.387 e. The molecule has 9 heteroatoms. The van der Waals surface area contributed by atoms with Gasteiger partial charge in [-0.25, -0.2) is 4.57 Å². The maximum atomic E-state index is 12.9. The predicted molar refractivity (Wildman–Crippen MR) is 286 cm³/mol. The van der Waals surface area contributed by atoms with Crippen molar-refractivity contribution in [3.05, 3.63) is 24.3 Å². The number of unbranched alkanes of at least 4 members (excludes halogenated alkanes) is 38. The molecule has 0 aromatic carbocycles. The maximum absolute atomic E-state index is 12.9. The van der Waals surface area contributed by atoms with Crippen molar-refractivity contribution in [1.29, 1.82) is 0 Å². The van der Waals surface area contributed by atoms with Crippen molar-refractivity contribution in [3.63, 3.8) is 0 Å². The lowest BCUT2D eigenvalue weighted by molar-refractivity contribution is -0.870. The Morgan fingerprint density at radius 1 is 0.500 bits per heavy atom. The first-order chi connectivity index (χ1) is 32.0. The zero-order valence-corrected chi connectivity index (χ0v) is 45.6. The molecule has 392 valence electrons. The van der Waals surface area contributed by atoms with Gasteiger partial charge in [-0.2, -0.15) is 0 Å². The number of carbonyl (C=O) groups excluding carboxylic acids is 1. The number of hydrogen-bond donors (Lipinski definition) is 3. The Morgan fingerprint density at radius 2 is 0.818 bits per heavy atom. The van der Waals surface area contributed by atoms with Gasteiger partial charge >= 0.3 is 7.82 Å². The number of carbonyl (C=O) groups is 1. The highest BCUT2D eigenvalue weighted by Gasteiger charge is 2.27. The lowest BCUT2D eigenvalue weighted by Crippen LogP contribution is -2.45. The molecule has 0 aliphatic rings. The molecule has 0 spiro atoms. The first kappa shape index (κ1) is 65.0. The fraction of sp³-hybridized carbons (Fsp3) is 0.912. The van der Waals surface area contributed by atoms with Crippen LogP contribution >= 0.6 is 7.82 Å². The van der Waals surface area contributed by atoms with Gasteiger partial charge in [-0.15, -0.1) is 0 Å². The van der Waals surface area contributed by atoms with Crippen molar-refractivity contribution in [2.75, 3.05) is 40.9 Å². The number of quaternary nitrogens is 1. The minimum absolute atomic E-state index is 0.0635. The van der Waals surface area contributed by atoms with E-state index in [1.807, 2.05) is 27.2 Å². The standard InChI is InChI=1S/C57H113N2O6P/c1-6-8-10-12-14-16-18-20-21-22-23-24-25-26-27-28-29-30-31-32-33-34-35-36-37-38-39-41-43-45-47-49-51-57(61)58-55(54-65-66(62,63)64-53-52-59(3,4)5)56(60)50-48-46-44-42-40-19-17-15-13-11-9-7-2/h26-27,48,50,55-56,60H,6-25,28-47,49,51-54H2,1-5H3,(H-,58,61,62,63)/p+1/b27-26-,50-48+. The molecular weight excluding hydrogens is 840 g/mol. The number of hydrogen-bond acceptors (Lipinski definition) is 5. The molecule has 0 aliphatic carbocycles. The van der Waals surface area contributed by atoms with Gasteiger partial charge in [0.25, 0.3) is 0 Å². The number of likely N-dealkylation sites (N-methyl/N-ethyl adjacent to an activating group) is 1. The van der Waals surface area contributed by atoms with Crippen LogP contribution in [-0.2, 0) is 18.4 Å². The van der Waals surface area contributed by atoms with Gasteiger partial charge in [0.2, 0.25) is 5.91 Å². The topological polar surface area (TPSA) is 105 Å². The molecule has 66 heavy (non-hydrogen) atoms. The van der Waals surface area contributed by atoms with Gasteiger partial charge in [0.15, 0.2) is 0 Å². The Morgan fingerprint density at radius 3 is 1.17 bits per heavy atom. The first-order valence-corrected chi connectivity index (χ1v) is 30.2. The lowest BCUT2D eigenvalue weighted by Gasteiger charge is -2.25. The molecule has 0 bridgehead atoms. The summed E-state index contributed by atoms with van der Waals surface area (Å²) in [6.45, 7) is 4.84. The van der Waals surface area contributed by atoms with Gasteiger partial charge in [0.05, 0.1) is 39.9 Å². The summed E-state index contributed by atoms with van der Waals surface area (Å²) in [5.41, 5.74) is 0. The summed E-state index contributed by atoms with van der Waals surface area (Å²) >= 11 is 0. The fourth-order valence-electron chi connectivity index (χ4n) is 8.63. The summed E-state index contributed by atoms with van der Waals surface area (Å²) < 4.78 is 23.6. The van der Waals surface area contributed by atoms with E-state index in [9.17, 15) is 19.4 Å². The van der Waals surface area contributed by atoms with Crippen LogP contribution in [-0.4, -0.2) is 73.4 Å². The summed E-state index contributed by atoms with van der Waals surface area (Å²) in [5, 5.41) is 13.9. The highest BCUT2D eigenvalue weighted by Crippen LogP contribution is 2.43. The van der Waals surface area contributed by atoms with Crippen LogP contribution < -0.4 is 5.32 Å². The van der Waals surface area contributed by atoms with Crippen LogP contribution in [0.25, 0.3) is 0 Å². The molecule has 0 aromatic rings. The molecule has 0 fully saturated rings. The summed E-state index contributed by atoms with van der Waals surface area (Å²) in [7, 11) is 1.58. The van der Waals surface area contributed by atoms with Crippen LogP contribution in [0.5, 0.6) is 0 Å². The van der Waals surface area contributed by atoms with E-state index in [1.165, 1.54) is 225 Å². The predicted octanol–water partition coefficient (Wildman–Crippen LogP) is 17.2. The van der Waals surface area contributed by atoms with Crippen molar-refractivity contribution >= 4 is 13.7 Å². The summed E-state index contributed by atoms with van der Waals surface area (Å²) in [4.78, 5) is 23.2. The van der Waals surface area contributed by atoms with Gasteiger partial charge in [-0.3, -0.25) is 13.8 Å². The average molecular weight is 955 g/mol. The number of amides is 1. The normalized spacial score (nSPS) is 14.1. The van der Waals surface area contributed by atoms with Crippen LogP contribution in [0.15, 0.2) is 24.3 Å². The van der Waals surface area contributed by atoms with Crippen molar-refractivity contribution in [2.45, 2.75) is 296 Å². The van der Waals surface area contributed by atoms with Gasteiger partial charge < -0.3 is 19.8 Å². The lowest BCUT2D eigenvalue weighted by atomic mass is 10.0. The van der Waals surface area contributed by atoms with Crippen molar-refractivity contribution < 1.29 is 32.9 Å². The zero-order chi connectivity index (χ0) is 48.5. The van der Waals surface area contributed by atoms with Crippen LogP contribution in [0.1, 0.15) is 284 Å². The molecule has 0 saturated carbocycles. The fourth-order valence-corrected chi connectivity index (χ4v) is 9.36. The van der Waals surface area contributed by atoms with E-state index in [4.69, 9.17) is 9.05 Å². The second-order valence-corrected chi connectivity index (χ2v) is 22.5. The number of phosphoric ester groups is 1. The molecule has 3 atom stereocenters. The minimum atomic E-state index is -4.34. The monoisotopic (exact) mass is 954 g/mol. The molecular formula is C57H114N2O6P+. The highest BCUT2D eigenvalue weighted by molar-refractivity contribution is 7.47. The van der Waals surface area contributed by atoms with Crippen molar-refractivity contribution in [3.8, 4) is 0 Å². The van der Waals surface area contributed by atoms with E-state index in [0.717, 1.165) is 38.5 Å².